The highest BCUT2D eigenvalue weighted by atomic mass is 19.1. The van der Waals surface area contributed by atoms with Gasteiger partial charge in [0.1, 0.15) is 5.82 Å². The Balaban J connectivity index is 1.72. The molecule has 1 heterocycles. The van der Waals surface area contributed by atoms with E-state index in [1.54, 1.807) is 13.2 Å². The Morgan fingerprint density at radius 2 is 2.05 bits per heavy atom. The Morgan fingerprint density at radius 1 is 1.30 bits per heavy atom. The van der Waals surface area contributed by atoms with Crippen molar-refractivity contribution in [2.75, 3.05) is 33.4 Å². The van der Waals surface area contributed by atoms with Gasteiger partial charge in [-0.15, -0.1) is 0 Å². The molecule has 0 aliphatic carbocycles. The third-order valence-corrected chi connectivity index (χ3v) is 3.63. The number of hydrogen-bond donors (Lipinski definition) is 1. The second kappa shape index (κ2) is 7.45. The predicted octanol–water partition coefficient (Wildman–Crippen LogP) is 2.03. The van der Waals surface area contributed by atoms with Crippen molar-refractivity contribution in [2.24, 2.45) is 5.73 Å². The molecule has 0 radical (unpaired) electrons. The minimum atomic E-state index is -0.314. The number of halogens is 1. The summed E-state index contributed by atoms with van der Waals surface area (Å²) >= 11 is 0. The molecule has 2 N–H and O–H groups in total. The fraction of sp³-hybridized carbons (Fsp3) is 0.600. The highest BCUT2D eigenvalue weighted by Crippen LogP contribution is 2.27. The highest BCUT2D eigenvalue weighted by Gasteiger charge is 2.15. The van der Waals surface area contributed by atoms with E-state index < -0.39 is 0 Å². The molecule has 2 rings (SSSR count). The average Bonchev–Trinajstić information content (AvgIpc) is 2.46. The standard InChI is InChI=1S/C15H23FN2O2/c1-19-14-4-3-12(16)11-15(14)20-10-2-7-18-8-5-13(17)6-9-18/h3-4,11,13H,2,5-10,17H2,1H3. The van der Waals surface area contributed by atoms with E-state index in [-0.39, 0.29) is 5.82 Å². The molecule has 1 aromatic carbocycles. The normalized spacial score (nSPS) is 17.1. The van der Waals surface area contributed by atoms with Crippen LogP contribution in [0.15, 0.2) is 18.2 Å². The topological polar surface area (TPSA) is 47.7 Å². The molecule has 20 heavy (non-hydrogen) atoms. The van der Waals surface area contributed by atoms with E-state index in [9.17, 15) is 4.39 Å². The smallest absolute Gasteiger partial charge is 0.164 e. The van der Waals surface area contributed by atoms with Gasteiger partial charge < -0.3 is 20.1 Å². The lowest BCUT2D eigenvalue weighted by molar-refractivity contribution is 0.192. The van der Waals surface area contributed by atoms with Gasteiger partial charge in [-0.05, 0) is 44.5 Å². The van der Waals surface area contributed by atoms with Crippen LogP contribution in [0.25, 0.3) is 0 Å². The van der Waals surface area contributed by atoms with E-state index in [0.717, 1.165) is 38.9 Å². The monoisotopic (exact) mass is 282 g/mol. The van der Waals surface area contributed by atoms with Crippen molar-refractivity contribution >= 4 is 0 Å². The molecule has 0 atom stereocenters. The lowest BCUT2D eigenvalue weighted by atomic mass is 10.1. The molecule has 1 aliphatic rings. The van der Waals surface area contributed by atoms with Crippen molar-refractivity contribution in [3.8, 4) is 11.5 Å². The summed E-state index contributed by atoms with van der Waals surface area (Å²) in [5, 5.41) is 0. The van der Waals surface area contributed by atoms with Crippen molar-refractivity contribution < 1.29 is 13.9 Å². The van der Waals surface area contributed by atoms with Gasteiger partial charge in [-0.25, -0.2) is 4.39 Å². The summed E-state index contributed by atoms with van der Waals surface area (Å²) in [4.78, 5) is 2.40. The van der Waals surface area contributed by atoms with Gasteiger partial charge >= 0.3 is 0 Å². The largest absolute Gasteiger partial charge is 0.493 e. The number of nitrogens with zero attached hydrogens (tertiary/aromatic N) is 1. The number of rotatable bonds is 6. The van der Waals surface area contributed by atoms with Crippen molar-refractivity contribution in [3.63, 3.8) is 0 Å². The van der Waals surface area contributed by atoms with Gasteiger partial charge in [-0.1, -0.05) is 0 Å². The molecule has 1 aliphatic heterocycles. The molecule has 0 spiro atoms. The summed E-state index contributed by atoms with van der Waals surface area (Å²) in [7, 11) is 1.55. The number of hydrogen-bond acceptors (Lipinski definition) is 4. The minimum absolute atomic E-state index is 0.314. The van der Waals surface area contributed by atoms with E-state index in [1.165, 1.54) is 12.1 Å². The maximum absolute atomic E-state index is 13.2. The first kappa shape index (κ1) is 15.1. The Morgan fingerprint density at radius 3 is 2.75 bits per heavy atom. The lowest BCUT2D eigenvalue weighted by Crippen LogP contribution is -2.40. The van der Waals surface area contributed by atoms with Crippen molar-refractivity contribution in [1.29, 1.82) is 0 Å². The van der Waals surface area contributed by atoms with Crippen LogP contribution >= 0.6 is 0 Å². The molecule has 0 bridgehead atoms. The van der Waals surface area contributed by atoms with Crippen molar-refractivity contribution in [1.82, 2.24) is 4.90 Å². The second-order valence-corrected chi connectivity index (χ2v) is 5.18. The number of piperidine rings is 1. The average molecular weight is 282 g/mol. The van der Waals surface area contributed by atoms with E-state index >= 15 is 0 Å². The number of likely N-dealkylation sites (tertiary alicyclic amines) is 1. The van der Waals surface area contributed by atoms with Crippen LogP contribution in [-0.2, 0) is 0 Å². The minimum Gasteiger partial charge on any atom is -0.493 e. The summed E-state index contributed by atoms with van der Waals surface area (Å²) in [5.74, 6) is 0.717. The maximum Gasteiger partial charge on any atom is 0.164 e. The van der Waals surface area contributed by atoms with Crippen LogP contribution in [0.2, 0.25) is 0 Å². The molecular weight excluding hydrogens is 259 g/mol. The van der Waals surface area contributed by atoms with Crippen LogP contribution in [0.3, 0.4) is 0 Å². The van der Waals surface area contributed by atoms with Gasteiger partial charge in [0, 0.05) is 18.7 Å². The van der Waals surface area contributed by atoms with E-state index in [1.807, 2.05) is 0 Å². The van der Waals surface area contributed by atoms with Crippen molar-refractivity contribution in [2.45, 2.75) is 25.3 Å². The van der Waals surface area contributed by atoms with E-state index in [4.69, 9.17) is 15.2 Å². The van der Waals surface area contributed by atoms with Gasteiger partial charge in [-0.3, -0.25) is 0 Å². The molecule has 1 saturated heterocycles. The zero-order valence-electron chi connectivity index (χ0n) is 12.0. The van der Waals surface area contributed by atoms with Crippen LogP contribution in [0.1, 0.15) is 19.3 Å². The molecule has 4 nitrogen and oxygen atoms in total. The SMILES string of the molecule is COc1ccc(F)cc1OCCCN1CCC(N)CC1. The first-order valence-corrected chi connectivity index (χ1v) is 7.13. The van der Waals surface area contributed by atoms with Crippen LogP contribution in [-0.4, -0.2) is 44.3 Å². The van der Waals surface area contributed by atoms with Gasteiger partial charge in [-0.2, -0.15) is 0 Å². The fourth-order valence-corrected chi connectivity index (χ4v) is 2.41. The van der Waals surface area contributed by atoms with Gasteiger partial charge in [0.25, 0.3) is 0 Å². The Labute approximate surface area is 119 Å². The van der Waals surface area contributed by atoms with Crippen LogP contribution in [0, 0.1) is 5.82 Å². The molecule has 112 valence electrons. The molecule has 0 saturated carbocycles. The van der Waals surface area contributed by atoms with Crippen LogP contribution in [0.4, 0.5) is 4.39 Å². The summed E-state index contributed by atoms with van der Waals surface area (Å²) in [6.45, 7) is 3.67. The van der Waals surface area contributed by atoms with Crippen molar-refractivity contribution in [3.05, 3.63) is 24.0 Å². The zero-order chi connectivity index (χ0) is 14.4. The van der Waals surface area contributed by atoms with Gasteiger partial charge in [0.15, 0.2) is 11.5 Å². The molecule has 5 heteroatoms. The van der Waals surface area contributed by atoms with Gasteiger partial charge in [0.05, 0.1) is 13.7 Å². The fourth-order valence-electron chi connectivity index (χ4n) is 2.41. The molecule has 1 aromatic rings. The molecular formula is C15H23FN2O2. The zero-order valence-corrected chi connectivity index (χ0v) is 12.0. The maximum atomic E-state index is 13.2. The number of methoxy groups -OCH3 is 1. The second-order valence-electron chi connectivity index (χ2n) is 5.18. The first-order valence-electron chi connectivity index (χ1n) is 7.13. The molecule has 0 unspecified atom stereocenters. The number of ether oxygens (including phenoxy) is 2. The summed E-state index contributed by atoms with van der Waals surface area (Å²) in [5.41, 5.74) is 5.87. The molecule has 1 fully saturated rings. The summed E-state index contributed by atoms with van der Waals surface area (Å²) < 4.78 is 23.9. The Kier molecular flexibility index (Phi) is 5.61. The van der Waals surface area contributed by atoms with Crippen LogP contribution < -0.4 is 15.2 Å². The lowest BCUT2D eigenvalue weighted by Gasteiger charge is -2.29. The highest BCUT2D eigenvalue weighted by molar-refractivity contribution is 5.39. The van der Waals surface area contributed by atoms with Crippen LogP contribution in [0.5, 0.6) is 11.5 Å². The Hall–Kier alpha value is -1.33. The third kappa shape index (κ3) is 4.35. The molecule has 0 aromatic heterocycles. The van der Waals surface area contributed by atoms with E-state index in [0.29, 0.717) is 24.1 Å². The summed E-state index contributed by atoms with van der Waals surface area (Å²) in [6.07, 6.45) is 3.05. The number of benzene rings is 1. The summed E-state index contributed by atoms with van der Waals surface area (Å²) in [6, 6.07) is 4.66. The number of nitrogens with two attached hydrogens (primary N) is 1. The van der Waals surface area contributed by atoms with E-state index in [2.05, 4.69) is 4.90 Å². The Bertz CT molecular complexity index is 420. The van der Waals surface area contributed by atoms with Gasteiger partial charge in [0.2, 0.25) is 0 Å². The quantitative estimate of drug-likeness (QED) is 0.811. The first-order chi connectivity index (χ1) is 9.69. The molecule has 0 amide bonds. The predicted molar refractivity (Wildman–Crippen MR) is 76.7 cm³/mol. The third-order valence-electron chi connectivity index (χ3n) is 3.63.